The van der Waals surface area contributed by atoms with Crippen LogP contribution >= 0.6 is 15.9 Å². The molecular formula is C12H12BrFO2. The van der Waals surface area contributed by atoms with Crippen molar-refractivity contribution in [1.29, 1.82) is 0 Å². The fraction of sp³-hybridized carbons (Fsp3) is 0.250. The first-order valence-electron chi connectivity index (χ1n) is 4.84. The average Bonchev–Trinajstić information content (AvgIpc) is 2.21. The molecule has 0 heterocycles. The van der Waals surface area contributed by atoms with E-state index in [1.54, 1.807) is 6.08 Å². The van der Waals surface area contributed by atoms with E-state index in [9.17, 15) is 9.18 Å². The van der Waals surface area contributed by atoms with Gasteiger partial charge in [-0.3, -0.25) is 0 Å². The second-order valence-corrected chi connectivity index (χ2v) is 4.45. The van der Waals surface area contributed by atoms with Crippen molar-refractivity contribution >= 4 is 21.9 Å². The minimum atomic E-state index is -0.504. The van der Waals surface area contributed by atoms with Crippen LogP contribution in [0, 0.1) is 11.7 Å². The van der Waals surface area contributed by atoms with Crippen molar-refractivity contribution in [3.05, 3.63) is 40.6 Å². The number of hydrogen-bond acceptors (Lipinski definition) is 2. The number of allylic oxidation sites excluding steroid dienone is 1. The Morgan fingerprint density at radius 1 is 1.50 bits per heavy atom. The fourth-order valence-corrected chi connectivity index (χ4v) is 1.21. The van der Waals surface area contributed by atoms with Gasteiger partial charge in [-0.2, -0.15) is 0 Å². The average molecular weight is 287 g/mol. The van der Waals surface area contributed by atoms with Crippen molar-refractivity contribution in [3.63, 3.8) is 0 Å². The number of carbonyl (C=O) groups excluding carboxylic acids is 1. The normalized spacial score (nSPS) is 11.1. The second-order valence-electron chi connectivity index (χ2n) is 3.60. The van der Waals surface area contributed by atoms with Crippen molar-refractivity contribution in [1.82, 2.24) is 0 Å². The van der Waals surface area contributed by atoms with Gasteiger partial charge in [-0.05, 0) is 34.0 Å². The predicted molar refractivity (Wildman–Crippen MR) is 63.7 cm³/mol. The van der Waals surface area contributed by atoms with E-state index in [1.165, 1.54) is 18.2 Å². The molecule has 4 heteroatoms. The Kier molecular flexibility index (Phi) is 4.68. The van der Waals surface area contributed by atoms with Crippen LogP contribution < -0.4 is 4.74 Å². The Balaban J connectivity index is 2.66. The molecular weight excluding hydrogens is 275 g/mol. The lowest BCUT2D eigenvalue weighted by molar-refractivity contribution is -0.129. The zero-order valence-corrected chi connectivity index (χ0v) is 10.6. The fourth-order valence-electron chi connectivity index (χ4n) is 0.962. The van der Waals surface area contributed by atoms with E-state index in [0.29, 0.717) is 4.47 Å². The molecule has 0 N–H and O–H groups in total. The number of rotatable bonds is 3. The van der Waals surface area contributed by atoms with Gasteiger partial charge >= 0.3 is 5.97 Å². The number of benzene rings is 1. The summed E-state index contributed by atoms with van der Waals surface area (Å²) in [5.41, 5.74) is 0. The number of esters is 1. The third kappa shape index (κ3) is 4.14. The van der Waals surface area contributed by atoms with Crippen LogP contribution in [0.4, 0.5) is 4.39 Å². The van der Waals surface area contributed by atoms with Gasteiger partial charge in [0, 0.05) is 12.1 Å². The van der Waals surface area contributed by atoms with Gasteiger partial charge in [0.2, 0.25) is 0 Å². The quantitative estimate of drug-likeness (QED) is 0.481. The lowest BCUT2D eigenvalue weighted by Gasteiger charge is -2.02. The van der Waals surface area contributed by atoms with Gasteiger partial charge in [-0.15, -0.1) is 0 Å². The molecule has 0 saturated heterocycles. The molecule has 0 unspecified atom stereocenters. The van der Waals surface area contributed by atoms with Crippen LogP contribution in [0.15, 0.2) is 34.8 Å². The minimum absolute atomic E-state index is 0.194. The summed E-state index contributed by atoms with van der Waals surface area (Å²) in [5, 5.41) is 0. The molecule has 1 rings (SSSR count). The molecule has 1 aromatic rings. The molecule has 0 radical (unpaired) electrons. The lowest BCUT2D eigenvalue weighted by Crippen LogP contribution is -2.04. The van der Waals surface area contributed by atoms with Crippen molar-refractivity contribution in [2.24, 2.45) is 5.92 Å². The molecule has 0 bridgehead atoms. The highest BCUT2D eigenvalue weighted by molar-refractivity contribution is 9.10. The van der Waals surface area contributed by atoms with Gasteiger partial charge in [0.25, 0.3) is 0 Å². The van der Waals surface area contributed by atoms with Gasteiger partial charge in [-0.25, -0.2) is 9.18 Å². The maximum atomic E-state index is 13.1. The van der Waals surface area contributed by atoms with E-state index < -0.39 is 11.8 Å². The van der Waals surface area contributed by atoms with Crippen LogP contribution in [0.25, 0.3) is 0 Å². The summed E-state index contributed by atoms with van der Waals surface area (Å²) < 4.78 is 18.3. The molecule has 0 aliphatic carbocycles. The topological polar surface area (TPSA) is 26.3 Å². The molecule has 0 saturated carbocycles. The van der Waals surface area contributed by atoms with E-state index in [4.69, 9.17) is 4.74 Å². The highest BCUT2D eigenvalue weighted by Gasteiger charge is 2.04. The predicted octanol–water partition coefficient (Wildman–Crippen LogP) is 3.71. The molecule has 0 atom stereocenters. The van der Waals surface area contributed by atoms with E-state index in [2.05, 4.69) is 15.9 Å². The molecule has 0 fully saturated rings. The number of halogens is 2. The Morgan fingerprint density at radius 3 is 2.75 bits per heavy atom. The Labute approximate surface area is 102 Å². The minimum Gasteiger partial charge on any atom is -0.423 e. The summed E-state index contributed by atoms with van der Waals surface area (Å²) in [5.74, 6) is -0.498. The summed E-state index contributed by atoms with van der Waals surface area (Å²) in [6, 6.07) is 4.17. The molecule has 0 spiro atoms. The number of carbonyl (C=O) groups is 1. The summed E-state index contributed by atoms with van der Waals surface area (Å²) in [6.45, 7) is 3.89. The first-order chi connectivity index (χ1) is 7.49. The zero-order chi connectivity index (χ0) is 12.1. The summed E-state index contributed by atoms with van der Waals surface area (Å²) in [7, 11) is 0. The third-order valence-corrected chi connectivity index (χ3v) is 2.37. The molecule has 0 aliphatic rings. The van der Waals surface area contributed by atoms with E-state index in [-0.39, 0.29) is 11.7 Å². The second kappa shape index (κ2) is 5.80. The molecule has 1 aromatic carbocycles. The van der Waals surface area contributed by atoms with Crippen LogP contribution in [0.2, 0.25) is 0 Å². The van der Waals surface area contributed by atoms with Gasteiger partial charge in [0.05, 0.1) is 4.47 Å². The van der Waals surface area contributed by atoms with Crippen molar-refractivity contribution < 1.29 is 13.9 Å². The van der Waals surface area contributed by atoms with Gasteiger partial charge in [0.1, 0.15) is 11.6 Å². The van der Waals surface area contributed by atoms with Crippen molar-refractivity contribution in [2.75, 3.05) is 0 Å². The standard InChI is InChI=1S/C12H12BrFO2/c1-8(2)3-6-12(15)16-9-4-5-10(13)11(14)7-9/h3-8H,1-2H3. The smallest absolute Gasteiger partial charge is 0.335 e. The lowest BCUT2D eigenvalue weighted by atomic mass is 10.2. The molecule has 0 aromatic heterocycles. The molecule has 2 nitrogen and oxygen atoms in total. The summed E-state index contributed by atoms with van der Waals surface area (Å²) >= 11 is 3.02. The largest absolute Gasteiger partial charge is 0.423 e. The van der Waals surface area contributed by atoms with Crippen LogP contribution in [0.5, 0.6) is 5.75 Å². The van der Waals surface area contributed by atoms with Crippen LogP contribution in [-0.4, -0.2) is 5.97 Å². The summed E-state index contributed by atoms with van der Waals surface area (Å²) in [4.78, 5) is 11.3. The Hall–Kier alpha value is -1.16. The highest BCUT2D eigenvalue weighted by Crippen LogP contribution is 2.21. The molecule has 0 aliphatic heterocycles. The zero-order valence-electron chi connectivity index (χ0n) is 9.04. The van der Waals surface area contributed by atoms with Crippen LogP contribution in [0.3, 0.4) is 0 Å². The van der Waals surface area contributed by atoms with Gasteiger partial charge < -0.3 is 4.74 Å². The summed E-state index contributed by atoms with van der Waals surface area (Å²) in [6.07, 6.45) is 3.06. The maximum Gasteiger partial charge on any atom is 0.335 e. The number of ether oxygens (including phenoxy) is 1. The first-order valence-corrected chi connectivity index (χ1v) is 5.63. The van der Waals surface area contributed by atoms with Crippen LogP contribution in [-0.2, 0) is 4.79 Å². The third-order valence-electron chi connectivity index (χ3n) is 1.73. The van der Waals surface area contributed by atoms with Crippen LogP contribution in [0.1, 0.15) is 13.8 Å². The highest BCUT2D eigenvalue weighted by atomic mass is 79.9. The van der Waals surface area contributed by atoms with Gasteiger partial charge in [-0.1, -0.05) is 19.9 Å². The van der Waals surface area contributed by atoms with Crippen molar-refractivity contribution in [3.8, 4) is 5.75 Å². The van der Waals surface area contributed by atoms with E-state index in [1.807, 2.05) is 13.8 Å². The Morgan fingerprint density at radius 2 is 2.19 bits per heavy atom. The monoisotopic (exact) mass is 286 g/mol. The Bertz CT molecular complexity index is 413. The maximum absolute atomic E-state index is 13.1. The molecule has 86 valence electrons. The van der Waals surface area contributed by atoms with E-state index in [0.717, 1.165) is 6.07 Å². The SMILES string of the molecule is CC(C)C=CC(=O)Oc1ccc(Br)c(F)c1. The number of hydrogen-bond donors (Lipinski definition) is 0. The molecule has 0 amide bonds. The first kappa shape index (κ1) is 12.9. The molecule has 16 heavy (non-hydrogen) atoms. The van der Waals surface area contributed by atoms with E-state index >= 15 is 0 Å². The van der Waals surface area contributed by atoms with Gasteiger partial charge in [0.15, 0.2) is 0 Å². The van der Waals surface area contributed by atoms with Crippen molar-refractivity contribution in [2.45, 2.75) is 13.8 Å².